The molecular weight excluding hydrogens is 401 g/mol. The topological polar surface area (TPSA) is 103 Å². The monoisotopic (exact) mass is 421 g/mol. The van der Waals surface area contributed by atoms with Gasteiger partial charge in [0.1, 0.15) is 18.1 Å². The van der Waals surface area contributed by atoms with E-state index in [0.717, 1.165) is 0 Å². The van der Waals surface area contributed by atoms with Gasteiger partial charge in [0.25, 0.3) is 5.91 Å². The van der Waals surface area contributed by atoms with Gasteiger partial charge in [-0.05, 0) is 48.9 Å². The van der Waals surface area contributed by atoms with Gasteiger partial charge in [0.2, 0.25) is 5.88 Å². The lowest BCUT2D eigenvalue weighted by Gasteiger charge is -2.27. The summed E-state index contributed by atoms with van der Waals surface area (Å²) in [7, 11) is 0. The Kier molecular flexibility index (Phi) is 5.48. The molecule has 1 amide bonds. The molecule has 0 bridgehead atoms. The molecule has 158 valence electrons. The largest absolute Gasteiger partial charge is 0.471 e. The van der Waals surface area contributed by atoms with E-state index >= 15 is 0 Å². The summed E-state index contributed by atoms with van der Waals surface area (Å²) in [5.74, 6) is -0.213. The maximum atomic E-state index is 13.1. The van der Waals surface area contributed by atoms with Crippen LogP contribution in [0.25, 0.3) is 5.70 Å². The van der Waals surface area contributed by atoms with Gasteiger partial charge in [-0.1, -0.05) is 0 Å². The van der Waals surface area contributed by atoms with Crippen molar-refractivity contribution in [3.8, 4) is 5.88 Å². The van der Waals surface area contributed by atoms with Gasteiger partial charge in [0.05, 0.1) is 18.0 Å². The second-order valence-electron chi connectivity index (χ2n) is 7.00. The molecule has 1 aliphatic rings. The minimum absolute atomic E-state index is 0.122. The average molecular weight is 421 g/mol. The van der Waals surface area contributed by atoms with E-state index < -0.39 is 5.82 Å². The molecule has 9 heteroatoms. The molecule has 1 aliphatic heterocycles. The van der Waals surface area contributed by atoms with Crippen LogP contribution in [-0.2, 0) is 11.3 Å². The molecule has 0 unspecified atom stereocenters. The van der Waals surface area contributed by atoms with Crippen molar-refractivity contribution in [2.45, 2.75) is 13.5 Å². The first-order valence-corrected chi connectivity index (χ1v) is 9.61. The number of benzene rings is 1. The van der Waals surface area contributed by atoms with Gasteiger partial charge in [0, 0.05) is 25.0 Å². The maximum Gasteiger partial charge on any atom is 0.276 e. The number of anilines is 1. The standard InChI is InChI=1S/C22H20FN5O3/c1-14(29)17(21(24)15-4-6-16(23)7-5-15)13-31-20-12-25-19(11-26-20)28-10-9-27-8-2-3-18(27)22(28)30/h2-8,11-12H,9-10,13,24H2,1H3/b21-17-. The van der Waals surface area contributed by atoms with Crippen LogP contribution in [0.5, 0.6) is 5.88 Å². The summed E-state index contributed by atoms with van der Waals surface area (Å²) < 4.78 is 20.6. The van der Waals surface area contributed by atoms with E-state index in [1.165, 1.54) is 43.6 Å². The predicted molar refractivity (Wildman–Crippen MR) is 112 cm³/mol. The Labute approximate surface area is 177 Å². The van der Waals surface area contributed by atoms with Gasteiger partial charge >= 0.3 is 0 Å². The summed E-state index contributed by atoms with van der Waals surface area (Å²) in [6, 6.07) is 9.12. The van der Waals surface area contributed by atoms with Crippen LogP contribution in [0, 0.1) is 5.82 Å². The molecule has 8 nitrogen and oxygen atoms in total. The number of Topliss-reactive ketones (excluding diaryl/α,β-unsaturated/α-hetero) is 1. The normalized spacial score (nSPS) is 14.1. The first-order chi connectivity index (χ1) is 14.9. The summed E-state index contributed by atoms with van der Waals surface area (Å²) in [6.45, 7) is 2.41. The molecule has 2 N–H and O–H groups in total. The molecule has 31 heavy (non-hydrogen) atoms. The van der Waals surface area contributed by atoms with Crippen molar-refractivity contribution in [3.63, 3.8) is 0 Å². The van der Waals surface area contributed by atoms with E-state index in [1.54, 1.807) is 11.0 Å². The maximum absolute atomic E-state index is 13.1. The molecule has 0 radical (unpaired) electrons. The van der Waals surface area contributed by atoms with E-state index in [1.807, 2.05) is 16.8 Å². The lowest BCUT2D eigenvalue weighted by Crippen LogP contribution is -2.40. The van der Waals surface area contributed by atoms with Gasteiger partial charge in [-0.15, -0.1) is 0 Å². The number of hydrogen-bond donors (Lipinski definition) is 1. The summed E-state index contributed by atoms with van der Waals surface area (Å²) in [4.78, 5) is 34.7. The van der Waals surface area contributed by atoms with E-state index in [9.17, 15) is 14.0 Å². The Balaban J connectivity index is 1.47. The number of rotatable bonds is 6. The lowest BCUT2D eigenvalue weighted by molar-refractivity contribution is -0.113. The van der Waals surface area contributed by atoms with Crippen LogP contribution in [-0.4, -0.2) is 39.4 Å². The fraction of sp³-hybridized carbons (Fsp3) is 0.182. The third-order valence-corrected chi connectivity index (χ3v) is 5.02. The molecule has 0 saturated carbocycles. The number of ketones is 1. The second-order valence-corrected chi connectivity index (χ2v) is 7.00. The van der Waals surface area contributed by atoms with Crippen LogP contribution in [0.2, 0.25) is 0 Å². The van der Waals surface area contributed by atoms with Crippen LogP contribution in [0.15, 0.2) is 60.6 Å². The highest BCUT2D eigenvalue weighted by atomic mass is 19.1. The molecule has 2 aromatic heterocycles. The fourth-order valence-corrected chi connectivity index (χ4v) is 3.31. The van der Waals surface area contributed by atoms with E-state index in [2.05, 4.69) is 9.97 Å². The summed E-state index contributed by atoms with van der Waals surface area (Å²) in [5.41, 5.74) is 7.66. The number of halogens is 1. The number of carbonyl (C=O) groups excluding carboxylic acids is 2. The van der Waals surface area contributed by atoms with Crippen LogP contribution in [0.1, 0.15) is 23.0 Å². The zero-order valence-electron chi connectivity index (χ0n) is 16.8. The first-order valence-electron chi connectivity index (χ1n) is 9.61. The zero-order valence-corrected chi connectivity index (χ0v) is 16.8. The minimum atomic E-state index is -0.395. The minimum Gasteiger partial charge on any atom is -0.471 e. The molecular formula is C22H20FN5O3. The van der Waals surface area contributed by atoms with Crippen molar-refractivity contribution in [3.05, 3.63) is 77.6 Å². The number of carbonyl (C=O) groups is 2. The number of ether oxygens (including phenoxy) is 1. The summed E-state index contributed by atoms with van der Waals surface area (Å²) in [6.07, 6.45) is 4.71. The van der Waals surface area contributed by atoms with Crippen molar-refractivity contribution >= 4 is 23.2 Å². The highest BCUT2D eigenvalue weighted by Gasteiger charge is 2.26. The molecule has 0 aliphatic carbocycles. The number of aromatic nitrogens is 3. The number of nitrogens with zero attached hydrogens (tertiary/aromatic N) is 4. The lowest BCUT2D eigenvalue weighted by atomic mass is 10.0. The van der Waals surface area contributed by atoms with Crippen molar-refractivity contribution in [2.24, 2.45) is 5.73 Å². The first kappa shape index (κ1) is 20.3. The van der Waals surface area contributed by atoms with Crippen LogP contribution in [0.3, 0.4) is 0 Å². The van der Waals surface area contributed by atoms with Crippen LogP contribution < -0.4 is 15.4 Å². The highest BCUT2D eigenvalue weighted by Crippen LogP contribution is 2.21. The Morgan fingerprint density at radius 3 is 2.61 bits per heavy atom. The highest BCUT2D eigenvalue weighted by molar-refractivity contribution is 6.05. The third kappa shape index (κ3) is 4.16. The number of nitrogens with two attached hydrogens (primary N) is 1. The van der Waals surface area contributed by atoms with E-state index in [0.29, 0.717) is 30.2 Å². The SMILES string of the molecule is CC(=O)/C(COc1cnc(N2CCn3cccc3C2=O)cn1)=C(\N)c1ccc(F)cc1. The molecule has 3 aromatic rings. The van der Waals surface area contributed by atoms with E-state index in [4.69, 9.17) is 10.5 Å². The quantitative estimate of drug-likeness (QED) is 0.613. The molecule has 0 spiro atoms. The molecule has 1 aromatic carbocycles. The zero-order chi connectivity index (χ0) is 22.0. The van der Waals surface area contributed by atoms with Gasteiger partial charge in [-0.25, -0.2) is 14.4 Å². The molecule has 0 atom stereocenters. The van der Waals surface area contributed by atoms with Crippen molar-refractivity contribution in [1.29, 1.82) is 0 Å². The number of fused-ring (bicyclic) bond motifs is 1. The van der Waals surface area contributed by atoms with E-state index in [-0.39, 0.29) is 35.4 Å². The average Bonchev–Trinajstić information content (AvgIpc) is 3.25. The van der Waals surface area contributed by atoms with Gasteiger partial charge in [-0.2, -0.15) is 0 Å². The van der Waals surface area contributed by atoms with Gasteiger partial charge in [-0.3, -0.25) is 14.5 Å². The molecule has 3 heterocycles. The van der Waals surface area contributed by atoms with Gasteiger partial charge < -0.3 is 15.0 Å². The third-order valence-electron chi connectivity index (χ3n) is 5.02. The van der Waals surface area contributed by atoms with Crippen LogP contribution in [0.4, 0.5) is 10.2 Å². The number of hydrogen-bond acceptors (Lipinski definition) is 6. The molecule has 4 rings (SSSR count). The van der Waals surface area contributed by atoms with Crippen molar-refractivity contribution in [1.82, 2.24) is 14.5 Å². The van der Waals surface area contributed by atoms with Crippen LogP contribution >= 0.6 is 0 Å². The smallest absolute Gasteiger partial charge is 0.276 e. The summed E-state index contributed by atoms with van der Waals surface area (Å²) in [5, 5.41) is 0. The Morgan fingerprint density at radius 1 is 1.16 bits per heavy atom. The Morgan fingerprint density at radius 2 is 1.94 bits per heavy atom. The van der Waals surface area contributed by atoms with Gasteiger partial charge in [0.15, 0.2) is 11.6 Å². The molecule has 0 fully saturated rings. The second kappa shape index (κ2) is 8.39. The molecule has 0 saturated heterocycles. The number of amides is 1. The summed E-state index contributed by atoms with van der Waals surface area (Å²) >= 11 is 0. The van der Waals surface area contributed by atoms with Crippen molar-refractivity contribution in [2.75, 3.05) is 18.1 Å². The predicted octanol–water partition coefficient (Wildman–Crippen LogP) is 2.42. The Bertz CT molecular complexity index is 1150. The Hall–Kier alpha value is -4.01. The fourth-order valence-electron chi connectivity index (χ4n) is 3.31. The van der Waals surface area contributed by atoms with Crippen molar-refractivity contribution < 1.29 is 18.7 Å².